The molecule has 18 heavy (non-hydrogen) atoms. The number of amides is 1. The zero-order chi connectivity index (χ0) is 13.5. The zero-order valence-corrected chi connectivity index (χ0v) is 11.8. The maximum absolute atomic E-state index is 11.6. The van der Waals surface area contributed by atoms with E-state index in [2.05, 4.69) is 11.8 Å². The summed E-state index contributed by atoms with van der Waals surface area (Å²) in [5.41, 5.74) is 0.929. The van der Waals surface area contributed by atoms with E-state index in [1.165, 1.54) is 0 Å². The molecule has 1 amide bonds. The Balaban J connectivity index is 2.62. The third kappa shape index (κ3) is 4.49. The van der Waals surface area contributed by atoms with Gasteiger partial charge in [-0.15, -0.1) is 11.3 Å². The quantitative estimate of drug-likeness (QED) is 0.812. The lowest BCUT2D eigenvalue weighted by Crippen LogP contribution is -2.33. The van der Waals surface area contributed by atoms with Crippen molar-refractivity contribution in [3.63, 3.8) is 0 Å². The highest BCUT2D eigenvalue weighted by molar-refractivity contribution is 7.10. The predicted molar refractivity (Wildman–Crippen MR) is 73.3 cm³/mol. The third-order valence-corrected chi connectivity index (χ3v) is 3.27. The van der Waals surface area contributed by atoms with Crippen molar-refractivity contribution in [3.8, 4) is 11.8 Å². The number of aliphatic hydroxyl groups excluding tert-OH is 1. The lowest BCUT2D eigenvalue weighted by Gasteiger charge is -2.18. The molecule has 0 radical (unpaired) electrons. The Morgan fingerprint density at radius 1 is 1.44 bits per heavy atom. The number of carbonyl (C=O) groups excluding carboxylic acids is 1. The Bertz CT molecular complexity index is 457. The summed E-state index contributed by atoms with van der Waals surface area (Å²) < 4.78 is 0. The van der Waals surface area contributed by atoms with Gasteiger partial charge in [-0.1, -0.05) is 11.8 Å². The van der Waals surface area contributed by atoms with E-state index in [0.29, 0.717) is 13.1 Å². The SMILES string of the molecule is CN(CC(=O)N(C)C)Cc1sccc1C#CCO. The Hall–Kier alpha value is -1.35. The highest BCUT2D eigenvalue weighted by Crippen LogP contribution is 2.17. The van der Waals surface area contributed by atoms with E-state index in [4.69, 9.17) is 5.11 Å². The minimum Gasteiger partial charge on any atom is -0.384 e. The molecular formula is C13H18N2O2S. The molecule has 0 saturated carbocycles. The van der Waals surface area contributed by atoms with Crippen molar-refractivity contribution >= 4 is 17.2 Å². The van der Waals surface area contributed by atoms with E-state index in [1.54, 1.807) is 30.3 Å². The second kappa shape index (κ2) is 7.17. The van der Waals surface area contributed by atoms with Crippen molar-refractivity contribution < 1.29 is 9.90 Å². The smallest absolute Gasteiger partial charge is 0.236 e. The van der Waals surface area contributed by atoms with Crippen molar-refractivity contribution in [2.75, 3.05) is 34.3 Å². The van der Waals surface area contributed by atoms with Gasteiger partial charge in [-0.25, -0.2) is 0 Å². The van der Waals surface area contributed by atoms with Gasteiger partial charge in [-0.05, 0) is 18.5 Å². The molecule has 0 aliphatic heterocycles. The maximum Gasteiger partial charge on any atom is 0.236 e. The van der Waals surface area contributed by atoms with Crippen LogP contribution in [0.2, 0.25) is 0 Å². The van der Waals surface area contributed by atoms with Crippen LogP contribution in [0, 0.1) is 11.8 Å². The number of hydrogen-bond acceptors (Lipinski definition) is 4. The van der Waals surface area contributed by atoms with Crippen molar-refractivity contribution in [1.29, 1.82) is 0 Å². The molecule has 0 aliphatic carbocycles. The largest absolute Gasteiger partial charge is 0.384 e. The molecule has 0 spiro atoms. The van der Waals surface area contributed by atoms with E-state index in [1.807, 2.05) is 23.4 Å². The van der Waals surface area contributed by atoms with Crippen LogP contribution in [-0.2, 0) is 11.3 Å². The van der Waals surface area contributed by atoms with E-state index >= 15 is 0 Å². The van der Waals surface area contributed by atoms with Gasteiger partial charge in [0.2, 0.25) is 5.91 Å². The summed E-state index contributed by atoms with van der Waals surface area (Å²) in [6.45, 7) is 0.939. The molecule has 4 nitrogen and oxygen atoms in total. The molecule has 0 bridgehead atoms. The molecule has 0 aliphatic rings. The fourth-order valence-electron chi connectivity index (χ4n) is 1.38. The van der Waals surface area contributed by atoms with Crippen LogP contribution in [0.25, 0.3) is 0 Å². The molecule has 0 fully saturated rings. The van der Waals surface area contributed by atoms with Crippen molar-refractivity contribution in [3.05, 3.63) is 21.9 Å². The fourth-order valence-corrected chi connectivity index (χ4v) is 2.29. The van der Waals surface area contributed by atoms with Crippen molar-refractivity contribution in [2.45, 2.75) is 6.54 Å². The molecule has 5 heteroatoms. The summed E-state index contributed by atoms with van der Waals surface area (Å²) in [6, 6.07) is 1.93. The molecule has 0 atom stereocenters. The molecule has 0 saturated heterocycles. The Labute approximate surface area is 112 Å². The molecular weight excluding hydrogens is 248 g/mol. The predicted octanol–water partition coefficient (Wildman–Crippen LogP) is 0.612. The van der Waals surface area contributed by atoms with Gasteiger partial charge in [0.25, 0.3) is 0 Å². The summed E-state index contributed by atoms with van der Waals surface area (Å²) in [6.07, 6.45) is 0. The highest BCUT2D eigenvalue weighted by Gasteiger charge is 2.11. The summed E-state index contributed by atoms with van der Waals surface area (Å²) in [4.78, 5) is 16.2. The third-order valence-electron chi connectivity index (χ3n) is 2.37. The van der Waals surface area contributed by atoms with Gasteiger partial charge < -0.3 is 10.0 Å². The molecule has 1 aromatic rings. The van der Waals surface area contributed by atoms with E-state index < -0.39 is 0 Å². The first-order valence-electron chi connectivity index (χ1n) is 5.59. The second-order valence-electron chi connectivity index (χ2n) is 4.18. The normalized spacial score (nSPS) is 10.1. The van der Waals surface area contributed by atoms with Gasteiger partial charge in [0, 0.05) is 31.1 Å². The first-order chi connectivity index (χ1) is 8.54. The van der Waals surface area contributed by atoms with Crippen LogP contribution in [0.4, 0.5) is 0 Å². The van der Waals surface area contributed by atoms with Crippen LogP contribution in [0.1, 0.15) is 10.4 Å². The molecule has 0 unspecified atom stereocenters. The Morgan fingerprint density at radius 3 is 2.78 bits per heavy atom. The first kappa shape index (κ1) is 14.7. The number of hydrogen-bond donors (Lipinski definition) is 1. The second-order valence-corrected chi connectivity index (χ2v) is 5.18. The average Bonchev–Trinajstić information content (AvgIpc) is 2.73. The zero-order valence-electron chi connectivity index (χ0n) is 10.9. The topological polar surface area (TPSA) is 43.8 Å². The van der Waals surface area contributed by atoms with Crippen molar-refractivity contribution in [1.82, 2.24) is 9.80 Å². The summed E-state index contributed by atoms with van der Waals surface area (Å²) in [7, 11) is 5.41. The van der Waals surface area contributed by atoms with Gasteiger partial charge in [0.05, 0.1) is 6.54 Å². The lowest BCUT2D eigenvalue weighted by atomic mass is 10.2. The van der Waals surface area contributed by atoms with Gasteiger partial charge in [0.15, 0.2) is 0 Å². The Morgan fingerprint density at radius 2 is 2.17 bits per heavy atom. The number of thiophene rings is 1. The minimum absolute atomic E-state index is 0.0806. The van der Waals surface area contributed by atoms with Gasteiger partial charge in [0.1, 0.15) is 6.61 Å². The molecule has 1 heterocycles. The minimum atomic E-state index is -0.135. The summed E-state index contributed by atoms with van der Waals surface area (Å²) >= 11 is 1.61. The summed E-state index contributed by atoms with van der Waals surface area (Å²) in [5.74, 6) is 5.64. The van der Waals surface area contributed by atoms with Crippen LogP contribution in [0.15, 0.2) is 11.4 Å². The van der Waals surface area contributed by atoms with Gasteiger partial charge in [-0.3, -0.25) is 9.69 Å². The molecule has 1 aromatic heterocycles. The van der Waals surface area contributed by atoms with E-state index in [-0.39, 0.29) is 12.5 Å². The van der Waals surface area contributed by atoms with Crippen LogP contribution in [0.3, 0.4) is 0 Å². The standard InChI is InChI=1S/C13H18N2O2S/c1-14(2)13(17)10-15(3)9-12-11(5-4-7-16)6-8-18-12/h6,8,16H,7,9-10H2,1-3H3. The lowest BCUT2D eigenvalue weighted by molar-refractivity contribution is -0.129. The van der Waals surface area contributed by atoms with E-state index in [9.17, 15) is 4.79 Å². The average molecular weight is 266 g/mol. The number of nitrogens with zero attached hydrogens (tertiary/aromatic N) is 2. The molecule has 98 valence electrons. The van der Waals surface area contributed by atoms with Crippen LogP contribution in [-0.4, -0.2) is 55.1 Å². The van der Waals surface area contributed by atoms with E-state index in [0.717, 1.165) is 10.4 Å². The van der Waals surface area contributed by atoms with Crippen molar-refractivity contribution in [2.24, 2.45) is 0 Å². The molecule has 0 aromatic carbocycles. The number of likely N-dealkylation sites (N-methyl/N-ethyl adjacent to an activating group) is 2. The number of aliphatic hydroxyl groups is 1. The van der Waals surface area contributed by atoms with Crippen LogP contribution >= 0.6 is 11.3 Å². The monoisotopic (exact) mass is 266 g/mol. The first-order valence-corrected chi connectivity index (χ1v) is 6.47. The Kier molecular flexibility index (Phi) is 5.86. The van der Waals surface area contributed by atoms with Gasteiger partial charge in [-0.2, -0.15) is 0 Å². The molecule has 1 rings (SSSR count). The molecule has 1 N–H and O–H groups in total. The van der Waals surface area contributed by atoms with Gasteiger partial charge >= 0.3 is 0 Å². The highest BCUT2D eigenvalue weighted by atomic mass is 32.1. The summed E-state index contributed by atoms with van der Waals surface area (Å²) in [5, 5.41) is 10.7. The fraction of sp³-hybridized carbons (Fsp3) is 0.462. The van der Waals surface area contributed by atoms with Crippen LogP contribution < -0.4 is 0 Å². The van der Waals surface area contributed by atoms with Crippen LogP contribution in [0.5, 0.6) is 0 Å². The maximum atomic E-state index is 11.6. The number of rotatable bonds is 4. The number of carbonyl (C=O) groups is 1.